The molecule has 172 valence electrons. The minimum absolute atomic E-state index is 0.157. The van der Waals surface area contributed by atoms with E-state index in [0.29, 0.717) is 22.1 Å². The Morgan fingerprint density at radius 2 is 1.41 bits per heavy atom. The van der Waals surface area contributed by atoms with Gasteiger partial charge in [0.1, 0.15) is 17.9 Å². The second kappa shape index (κ2) is 10.9. The van der Waals surface area contributed by atoms with E-state index in [9.17, 15) is 14.4 Å². The number of hydrogen-bond donors (Lipinski definition) is 3. The zero-order valence-electron chi connectivity index (χ0n) is 18.8. The molecule has 0 saturated carbocycles. The van der Waals surface area contributed by atoms with Gasteiger partial charge in [0.05, 0.1) is 0 Å². The van der Waals surface area contributed by atoms with E-state index < -0.39 is 17.6 Å². The Labute approximate surface area is 192 Å². The molecule has 0 saturated heterocycles. The summed E-state index contributed by atoms with van der Waals surface area (Å²) >= 11 is 6.13. The quantitative estimate of drug-likeness (QED) is 0.565. The molecule has 2 aromatic rings. The van der Waals surface area contributed by atoms with Crippen LogP contribution in [0.1, 0.15) is 31.9 Å². The van der Waals surface area contributed by atoms with Crippen molar-refractivity contribution in [2.24, 2.45) is 0 Å². The van der Waals surface area contributed by atoms with Gasteiger partial charge in [0.2, 0.25) is 5.91 Å². The van der Waals surface area contributed by atoms with Crippen molar-refractivity contribution in [3.63, 3.8) is 0 Å². The van der Waals surface area contributed by atoms with Crippen molar-refractivity contribution in [3.05, 3.63) is 52.5 Å². The SMILES string of the molecule is Cc1cc(OCC(=O)Nc2ccc(NC(=O)CNC(=O)OC(C)(C)C)cc2)cc(C)c1Cl. The number of carbonyl (C=O) groups excluding carboxylic acids is 3. The van der Waals surface area contributed by atoms with E-state index in [1.165, 1.54) is 0 Å². The fourth-order valence-corrected chi connectivity index (χ4v) is 2.75. The maximum atomic E-state index is 12.1. The summed E-state index contributed by atoms with van der Waals surface area (Å²) in [5, 5.41) is 8.42. The van der Waals surface area contributed by atoms with E-state index in [-0.39, 0.29) is 19.1 Å². The van der Waals surface area contributed by atoms with Crippen LogP contribution in [0.25, 0.3) is 0 Å². The predicted molar refractivity (Wildman–Crippen MR) is 124 cm³/mol. The first-order valence-corrected chi connectivity index (χ1v) is 10.4. The Morgan fingerprint density at radius 1 is 0.906 bits per heavy atom. The van der Waals surface area contributed by atoms with Gasteiger partial charge < -0.3 is 25.4 Å². The van der Waals surface area contributed by atoms with Gasteiger partial charge in [0.25, 0.3) is 5.91 Å². The molecule has 32 heavy (non-hydrogen) atoms. The minimum Gasteiger partial charge on any atom is -0.484 e. The number of halogens is 1. The van der Waals surface area contributed by atoms with Gasteiger partial charge in [-0.2, -0.15) is 0 Å². The fourth-order valence-electron chi connectivity index (χ4n) is 2.64. The maximum Gasteiger partial charge on any atom is 0.408 e. The summed E-state index contributed by atoms with van der Waals surface area (Å²) in [6.07, 6.45) is -0.670. The highest BCUT2D eigenvalue weighted by molar-refractivity contribution is 6.32. The lowest BCUT2D eigenvalue weighted by Crippen LogP contribution is -2.37. The zero-order valence-corrected chi connectivity index (χ0v) is 19.6. The van der Waals surface area contributed by atoms with Gasteiger partial charge in [-0.05, 0) is 82.1 Å². The molecule has 0 aliphatic rings. The standard InChI is InChI=1S/C23H28ClN3O5/c1-14-10-18(11-15(2)21(14)24)31-13-20(29)27-17-8-6-16(7-9-17)26-19(28)12-25-22(30)32-23(3,4)5/h6-11H,12-13H2,1-5H3,(H,25,30)(H,26,28)(H,27,29). The molecule has 0 aromatic heterocycles. The number of nitrogens with one attached hydrogen (secondary N) is 3. The van der Waals surface area contributed by atoms with Crippen molar-refractivity contribution in [1.29, 1.82) is 0 Å². The average Bonchev–Trinajstić information content (AvgIpc) is 2.69. The van der Waals surface area contributed by atoms with Crippen molar-refractivity contribution in [3.8, 4) is 5.75 Å². The summed E-state index contributed by atoms with van der Waals surface area (Å²) in [5.74, 6) is -0.166. The first kappa shape index (κ1) is 25.0. The third-order valence-corrected chi connectivity index (χ3v) is 4.62. The largest absolute Gasteiger partial charge is 0.484 e. The lowest BCUT2D eigenvalue weighted by atomic mass is 10.1. The summed E-state index contributed by atoms with van der Waals surface area (Å²) in [5.41, 5.74) is 2.18. The molecule has 0 spiro atoms. The Kier molecular flexibility index (Phi) is 8.48. The second-order valence-corrected chi connectivity index (χ2v) is 8.57. The second-order valence-electron chi connectivity index (χ2n) is 8.19. The predicted octanol–water partition coefficient (Wildman–Crippen LogP) is 4.44. The van der Waals surface area contributed by atoms with Crippen LogP contribution in [0.3, 0.4) is 0 Å². The van der Waals surface area contributed by atoms with Crippen molar-refractivity contribution < 1.29 is 23.9 Å². The molecule has 0 bridgehead atoms. The number of alkyl carbamates (subject to hydrolysis) is 1. The third kappa shape index (κ3) is 8.47. The first-order valence-electron chi connectivity index (χ1n) is 9.99. The molecule has 0 radical (unpaired) electrons. The topological polar surface area (TPSA) is 106 Å². The van der Waals surface area contributed by atoms with Gasteiger partial charge in [-0.3, -0.25) is 9.59 Å². The number of aryl methyl sites for hydroxylation is 2. The number of benzene rings is 2. The molecular formula is C23H28ClN3O5. The van der Waals surface area contributed by atoms with Crippen LogP contribution in [0.4, 0.5) is 16.2 Å². The van der Waals surface area contributed by atoms with Gasteiger partial charge in [0.15, 0.2) is 6.61 Å². The lowest BCUT2D eigenvalue weighted by molar-refractivity contribution is -0.118. The van der Waals surface area contributed by atoms with E-state index in [4.69, 9.17) is 21.1 Å². The molecule has 0 aliphatic carbocycles. The fraction of sp³-hybridized carbons (Fsp3) is 0.348. The van der Waals surface area contributed by atoms with Crippen molar-refractivity contribution in [2.75, 3.05) is 23.8 Å². The van der Waals surface area contributed by atoms with Gasteiger partial charge in [-0.25, -0.2) is 4.79 Å². The van der Waals surface area contributed by atoms with Crippen LogP contribution in [-0.4, -0.2) is 36.7 Å². The number of carbonyl (C=O) groups is 3. The van der Waals surface area contributed by atoms with Crippen LogP contribution in [0.2, 0.25) is 5.02 Å². The zero-order chi connectivity index (χ0) is 23.9. The Balaban J connectivity index is 1.79. The average molecular weight is 462 g/mol. The number of anilines is 2. The molecule has 0 heterocycles. The number of ether oxygens (including phenoxy) is 2. The molecule has 2 rings (SSSR count). The molecule has 0 atom stereocenters. The highest BCUT2D eigenvalue weighted by Gasteiger charge is 2.16. The maximum absolute atomic E-state index is 12.1. The molecule has 3 amide bonds. The summed E-state index contributed by atoms with van der Waals surface area (Å²) in [6, 6.07) is 10.1. The van der Waals surface area contributed by atoms with Crippen molar-refractivity contribution in [1.82, 2.24) is 5.32 Å². The van der Waals surface area contributed by atoms with Crippen molar-refractivity contribution in [2.45, 2.75) is 40.2 Å². The molecule has 0 fully saturated rings. The van der Waals surface area contributed by atoms with Crippen LogP contribution in [0.5, 0.6) is 5.75 Å². The Bertz CT molecular complexity index is 961. The highest BCUT2D eigenvalue weighted by Crippen LogP contribution is 2.25. The van der Waals surface area contributed by atoms with Gasteiger partial charge in [-0.15, -0.1) is 0 Å². The van der Waals surface area contributed by atoms with Gasteiger partial charge >= 0.3 is 6.09 Å². The minimum atomic E-state index is -0.670. The Hall–Kier alpha value is -3.26. The van der Waals surface area contributed by atoms with Crippen LogP contribution in [0.15, 0.2) is 36.4 Å². The van der Waals surface area contributed by atoms with Crippen LogP contribution in [0, 0.1) is 13.8 Å². The summed E-state index contributed by atoms with van der Waals surface area (Å²) in [4.78, 5) is 35.7. The molecule has 9 heteroatoms. The number of hydrogen-bond acceptors (Lipinski definition) is 5. The van der Waals surface area contributed by atoms with Crippen LogP contribution >= 0.6 is 11.6 Å². The van der Waals surface area contributed by atoms with Gasteiger partial charge in [-0.1, -0.05) is 11.6 Å². The van der Waals surface area contributed by atoms with E-state index in [1.807, 2.05) is 13.8 Å². The molecule has 0 aliphatic heterocycles. The third-order valence-electron chi connectivity index (χ3n) is 4.02. The summed E-state index contributed by atoms with van der Waals surface area (Å²) < 4.78 is 10.6. The molecular weight excluding hydrogens is 434 g/mol. The van der Waals surface area contributed by atoms with Gasteiger partial charge in [0, 0.05) is 16.4 Å². The number of rotatable bonds is 7. The van der Waals surface area contributed by atoms with Crippen LogP contribution in [-0.2, 0) is 14.3 Å². The normalized spacial score (nSPS) is 10.8. The smallest absolute Gasteiger partial charge is 0.408 e. The monoisotopic (exact) mass is 461 g/mol. The lowest BCUT2D eigenvalue weighted by Gasteiger charge is -2.19. The van der Waals surface area contributed by atoms with Crippen molar-refractivity contribution >= 4 is 40.9 Å². The first-order chi connectivity index (χ1) is 14.9. The van der Waals surface area contributed by atoms with E-state index in [0.717, 1.165) is 11.1 Å². The number of amides is 3. The van der Waals surface area contributed by atoms with E-state index >= 15 is 0 Å². The summed E-state index contributed by atoms with van der Waals surface area (Å²) in [7, 11) is 0. The summed E-state index contributed by atoms with van der Waals surface area (Å²) in [6.45, 7) is 8.56. The van der Waals surface area contributed by atoms with Crippen LogP contribution < -0.4 is 20.7 Å². The Morgan fingerprint density at radius 3 is 1.91 bits per heavy atom. The molecule has 0 unspecified atom stereocenters. The highest BCUT2D eigenvalue weighted by atomic mass is 35.5. The van der Waals surface area contributed by atoms with E-state index in [2.05, 4.69) is 16.0 Å². The molecule has 2 aromatic carbocycles. The molecule has 8 nitrogen and oxygen atoms in total. The molecule has 3 N–H and O–H groups in total. The van der Waals surface area contributed by atoms with E-state index in [1.54, 1.807) is 57.2 Å².